The lowest BCUT2D eigenvalue weighted by molar-refractivity contribution is -0.114. The van der Waals surface area contributed by atoms with Gasteiger partial charge in [-0.1, -0.05) is 13.8 Å². The van der Waals surface area contributed by atoms with Gasteiger partial charge < -0.3 is 9.53 Å². The van der Waals surface area contributed by atoms with Crippen LogP contribution in [0.25, 0.3) is 0 Å². The Balaban J connectivity index is 3.63. The first-order valence-electron chi connectivity index (χ1n) is 3.24. The van der Waals surface area contributed by atoms with Crippen LogP contribution >= 0.6 is 0 Å². The van der Waals surface area contributed by atoms with E-state index in [-0.39, 0.29) is 12.0 Å². The molecule has 0 spiro atoms. The summed E-state index contributed by atoms with van der Waals surface area (Å²) in [6, 6.07) is 0. The summed E-state index contributed by atoms with van der Waals surface area (Å²) in [5.41, 5.74) is 0. The van der Waals surface area contributed by atoms with E-state index >= 15 is 0 Å². The molecule has 0 aromatic rings. The molecular weight excluding hydrogens is 116 g/mol. The van der Waals surface area contributed by atoms with Crippen LogP contribution in [-0.4, -0.2) is 19.5 Å². The van der Waals surface area contributed by atoms with Gasteiger partial charge in [0.25, 0.3) is 0 Å². The zero-order chi connectivity index (χ0) is 7.28. The Labute approximate surface area is 56.2 Å². The van der Waals surface area contributed by atoms with Crippen LogP contribution in [0.2, 0.25) is 0 Å². The predicted octanol–water partition coefficient (Wildman–Crippen LogP) is 1.25. The smallest absolute Gasteiger partial charge is 0.125 e. The molecule has 0 aromatic heterocycles. The summed E-state index contributed by atoms with van der Waals surface area (Å²) in [4.78, 5) is 10.2. The summed E-state index contributed by atoms with van der Waals surface area (Å²) < 4.78 is 5.02. The SMILES string of the molecule is CCC(OC)C(C)C=O. The molecule has 0 aromatic carbocycles. The molecule has 0 fully saturated rings. The zero-order valence-corrected chi connectivity index (χ0v) is 6.26. The largest absolute Gasteiger partial charge is 0.381 e. The summed E-state index contributed by atoms with van der Waals surface area (Å²) >= 11 is 0. The van der Waals surface area contributed by atoms with Gasteiger partial charge >= 0.3 is 0 Å². The van der Waals surface area contributed by atoms with Crippen LogP contribution in [0.5, 0.6) is 0 Å². The van der Waals surface area contributed by atoms with Gasteiger partial charge in [-0.25, -0.2) is 0 Å². The van der Waals surface area contributed by atoms with Crippen molar-refractivity contribution in [3.63, 3.8) is 0 Å². The number of carbonyl (C=O) groups is 1. The molecule has 0 rings (SSSR count). The van der Waals surface area contributed by atoms with Gasteiger partial charge in [-0.05, 0) is 6.42 Å². The lowest BCUT2D eigenvalue weighted by Crippen LogP contribution is -2.20. The van der Waals surface area contributed by atoms with Gasteiger partial charge in [0.05, 0.1) is 6.10 Å². The molecule has 2 unspecified atom stereocenters. The average Bonchev–Trinajstić information content (AvgIpc) is 1.90. The molecule has 0 saturated heterocycles. The van der Waals surface area contributed by atoms with Crippen molar-refractivity contribution >= 4 is 6.29 Å². The Morgan fingerprint density at radius 2 is 2.22 bits per heavy atom. The summed E-state index contributed by atoms with van der Waals surface area (Å²) in [6.45, 7) is 3.87. The van der Waals surface area contributed by atoms with Crippen molar-refractivity contribution in [3.8, 4) is 0 Å². The highest BCUT2D eigenvalue weighted by Crippen LogP contribution is 2.06. The monoisotopic (exact) mass is 130 g/mol. The third kappa shape index (κ3) is 2.61. The van der Waals surface area contributed by atoms with Gasteiger partial charge in [0.1, 0.15) is 6.29 Å². The summed E-state index contributed by atoms with van der Waals surface area (Å²) in [7, 11) is 1.63. The van der Waals surface area contributed by atoms with Crippen LogP contribution in [0, 0.1) is 5.92 Å². The van der Waals surface area contributed by atoms with Gasteiger partial charge in [-0.3, -0.25) is 0 Å². The lowest BCUT2D eigenvalue weighted by Gasteiger charge is -2.14. The van der Waals surface area contributed by atoms with Gasteiger partial charge in [0.2, 0.25) is 0 Å². The van der Waals surface area contributed by atoms with Crippen molar-refractivity contribution in [1.29, 1.82) is 0 Å². The minimum absolute atomic E-state index is 0.0278. The van der Waals surface area contributed by atoms with E-state index in [4.69, 9.17) is 4.74 Å². The van der Waals surface area contributed by atoms with Crippen molar-refractivity contribution in [1.82, 2.24) is 0 Å². The van der Waals surface area contributed by atoms with Crippen LogP contribution in [0.15, 0.2) is 0 Å². The molecule has 54 valence electrons. The van der Waals surface area contributed by atoms with Crippen molar-refractivity contribution in [3.05, 3.63) is 0 Å². The van der Waals surface area contributed by atoms with Crippen LogP contribution in [0.4, 0.5) is 0 Å². The van der Waals surface area contributed by atoms with Gasteiger partial charge in [0.15, 0.2) is 0 Å². The number of hydrogen-bond donors (Lipinski definition) is 0. The normalized spacial score (nSPS) is 16.8. The van der Waals surface area contributed by atoms with Crippen LogP contribution in [-0.2, 0) is 9.53 Å². The van der Waals surface area contributed by atoms with Crippen molar-refractivity contribution in [2.75, 3.05) is 7.11 Å². The second-order valence-electron chi connectivity index (χ2n) is 2.18. The average molecular weight is 130 g/mol. The molecule has 0 saturated carbocycles. The number of methoxy groups -OCH3 is 1. The fourth-order valence-corrected chi connectivity index (χ4v) is 0.841. The van der Waals surface area contributed by atoms with Gasteiger partial charge in [-0.2, -0.15) is 0 Å². The van der Waals surface area contributed by atoms with Crippen LogP contribution in [0.1, 0.15) is 20.3 Å². The highest BCUT2D eigenvalue weighted by Gasteiger charge is 2.12. The molecule has 0 aliphatic heterocycles. The second-order valence-corrected chi connectivity index (χ2v) is 2.18. The molecule has 0 N–H and O–H groups in total. The Kier molecular flexibility index (Phi) is 4.32. The van der Waals surface area contributed by atoms with E-state index in [1.807, 2.05) is 13.8 Å². The summed E-state index contributed by atoms with van der Waals surface area (Å²) in [5, 5.41) is 0. The van der Waals surface area contributed by atoms with E-state index in [0.717, 1.165) is 12.7 Å². The quantitative estimate of drug-likeness (QED) is 0.535. The highest BCUT2D eigenvalue weighted by molar-refractivity contribution is 5.53. The molecule has 0 bridgehead atoms. The third-order valence-electron chi connectivity index (χ3n) is 1.51. The molecule has 0 aliphatic carbocycles. The van der Waals surface area contributed by atoms with Gasteiger partial charge in [0, 0.05) is 13.0 Å². The first kappa shape index (κ1) is 8.63. The molecule has 0 heterocycles. The first-order valence-corrected chi connectivity index (χ1v) is 3.24. The number of carbonyl (C=O) groups excluding carboxylic acids is 1. The maximum Gasteiger partial charge on any atom is 0.125 e. The van der Waals surface area contributed by atoms with E-state index in [2.05, 4.69) is 0 Å². The van der Waals surface area contributed by atoms with Crippen molar-refractivity contribution in [2.45, 2.75) is 26.4 Å². The van der Waals surface area contributed by atoms with E-state index < -0.39 is 0 Å². The predicted molar refractivity (Wildman–Crippen MR) is 36.3 cm³/mol. The molecule has 2 atom stereocenters. The second kappa shape index (κ2) is 4.50. The number of aldehydes is 1. The van der Waals surface area contributed by atoms with Crippen molar-refractivity contribution in [2.24, 2.45) is 5.92 Å². The Morgan fingerprint density at radius 3 is 2.33 bits per heavy atom. The fraction of sp³-hybridized carbons (Fsp3) is 0.857. The number of hydrogen-bond acceptors (Lipinski definition) is 2. The van der Waals surface area contributed by atoms with E-state index in [1.165, 1.54) is 0 Å². The lowest BCUT2D eigenvalue weighted by atomic mass is 10.1. The Bertz CT molecular complexity index is 77.0. The standard InChI is InChI=1S/C7H14O2/c1-4-7(9-3)6(2)5-8/h5-7H,4H2,1-3H3. The van der Waals surface area contributed by atoms with Crippen molar-refractivity contribution < 1.29 is 9.53 Å². The number of ether oxygens (including phenoxy) is 1. The zero-order valence-electron chi connectivity index (χ0n) is 6.26. The third-order valence-corrected chi connectivity index (χ3v) is 1.51. The molecule has 0 amide bonds. The van der Waals surface area contributed by atoms with E-state index in [9.17, 15) is 4.79 Å². The van der Waals surface area contributed by atoms with Crippen LogP contribution < -0.4 is 0 Å². The Hall–Kier alpha value is -0.370. The molecule has 0 radical (unpaired) electrons. The highest BCUT2D eigenvalue weighted by atomic mass is 16.5. The molecule has 2 heteroatoms. The number of rotatable bonds is 4. The van der Waals surface area contributed by atoms with Gasteiger partial charge in [-0.15, -0.1) is 0 Å². The topological polar surface area (TPSA) is 26.3 Å². The first-order chi connectivity index (χ1) is 4.26. The maximum absolute atomic E-state index is 10.2. The van der Waals surface area contributed by atoms with E-state index in [0.29, 0.717) is 0 Å². The summed E-state index contributed by atoms with van der Waals surface area (Å²) in [5.74, 6) is 0.0278. The molecular formula is C7H14O2. The van der Waals surface area contributed by atoms with E-state index in [1.54, 1.807) is 7.11 Å². The Morgan fingerprint density at radius 1 is 1.67 bits per heavy atom. The van der Waals surface area contributed by atoms with Crippen LogP contribution in [0.3, 0.4) is 0 Å². The summed E-state index contributed by atoms with van der Waals surface area (Å²) in [6.07, 6.45) is 1.93. The molecule has 0 aliphatic rings. The molecule has 2 nitrogen and oxygen atoms in total. The maximum atomic E-state index is 10.2. The minimum Gasteiger partial charge on any atom is -0.381 e. The molecule has 9 heavy (non-hydrogen) atoms. The fourth-order valence-electron chi connectivity index (χ4n) is 0.841. The minimum atomic E-state index is 0.0278.